The first-order valence-corrected chi connectivity index (χ1v) is 10.3. The minimum absolute atomic E-state index is 0.230. The average Bonchev–Trinajstić information content (AvgIpc) is 3.12. The average molecular weight is 416 g/mol. The first kappa shape index (κ1) is 19.5. The van der Waals surface area contributed by atoms with Crippen molar-refractivity contribution in [3.63, 3.8) is 0 Å². The van der Waals surface area contributed by atoms with Crippen LogP contribution < -0.4 is 9.80 Å². The van der Waals surface area contributed by atoms with Gasteiger partial charge in [0.15, 0.2) is 11.7 Å². The van der Waals surface area contributed by atoms with Crippen LogP contribution in [0.2, 0.25) is 0 Å². The van der Waals surface area contributed by atoms with E-state index in [2.05, 4.69) is 0 Å². The lowest BCUT2D eigenvalue weighted by atomic mass is 10.2. The van der Waals surface area contributed by atoms with Gasteiger partial charge >= 0.3 is 6.03 Å². The highest BCUT2D eigenvalue weighted by Gasteiger charge is 2.42. The Morgan fingerprint density at radius 3 is 1.09 bits per heavy atom. The Balaban J connectivity index is 1.75. The number of amidine groups is 2. The Morgan fingerprint density at radius 2 is 0.750 bits per heavy atom. The largest absolute Gasteiger partial charge is 0.340 e. The van der Waals surface area contributed by atoms with Crippen LogP contribution in [0.25, 0.3) is 0 Å². The number of carbonyl (C=O) groups is 1. The molecule has 4 aromatic rings. The molecule has 2 amide bonds. The second-order valence-corrected chi connectivity index (χ2v) is 7.17. The minimum atomic E-state index is -0.230. The summed E-state index contributed by atoms with van der Waals surface area (Å²) in [4.78, 5) is 26.8. The number of hydrogen-bond acceptors (Lipinski definition) is 3. The SMILES string of the molecule is O=C1N(c2ccccc2)C(=Nc2ccccc2)C(=Nc2ccccc2)N1c1ccccc1. The molecule has 154 valence electrons. The summed E-state index contributed by atoms with van der Waals surface area (Å²) in [5.41, 5.74) is 2.94. The first-order chi connectivity index (χ1) is 15.8. The van der Waals surface area contributed by atoms with Crippen LogP contribution in [0.3, 0.4) is 0 Å². The van der Waals surface area contributed by atoms with Crippen molar-refractivity contribution in [1.82, 2.24) is 0 Å². The molecule has 4 aromatic carbocycles. The lowest BCUT2D eigenvalue weighted by Gasteiger charge is -2.17. The number of aliphatic imine (C=N–C) groups is 2. The van der Waals surface area contributed by atoms with E-state index in [1.54, 1.807) is 9.80 Å². The van der Waals surface area contributed by atoms with Crippen LogP contribution >= 0.6 is 0 Å². The minimum Gasteiger partial charge on any atom is -0.247 e. The molecule has 0 saturated carbocycles. The van der Waals surface area contributed by atoms with E-state index in [9.17, 15) is 4.79 Å². The van der Waals surface area contributed by atoms with E-state index in [-0.39, 0.29) is 6.03 Å². The maximum Gasteiger partial charge on any atom is 0.340 e. The van der Waals surface area contributed by atoms with E-state index in [1.165, 1.54) is 0 Å². The number of para-hydroxylation sites is 4. The number of rotatable bonds is 4. The van der Waals surface area contributed by atoms with Crippen LogP contribution in [0.4, 0.5) is 27.5 Å². The fraction of sp³-hybridized carbons (Fsp3) is 0. The van der Waals surface area contributed by atoms with Gasteiger partial charge in [-0.1, -0.05) is 72.8 Å². The van der Waals surface area contributed by atoms with Crippen LogP contribution in [0.5, 0.6) is 0 Å². The lowest BCUT2D eigenvalue weighted by Crippen LogP contribution is -2.33. The van der Waals surface area contributed by atoms with Crippen LogP contribution in [0.15, 0.2) is 131 Å². The van der Waals surface area contributed by atoms with Crippen molar-refractivity contribution in [2.75, 3.05) is 9.80 Å². The normalized spacial score (nSPS) is 16.2. The van der Waals surface area contributed by atoms with E-state index in [0.717, 1.165) is 22.7 Å². The summed E-state index contributed by atoms with van der Waals surface area (Å²) >= 11 is 0. The molecule has 0 atom stereocenters. The van der Waals surface area contributed by atoms with Gasteiger partial charge in [-0.2, -0.15) is 0 Å². The first-order valence-electron chi connectivity index (χ1n) is 10.3. The molecule has 0 N–H and O–H groups in total. The van der Waals surface area contributed by atoms with Crippen molar-refractivity contribution in [3.8, 4) is 0 Å². The van der Waals surface area contributed by atoms with Crippen molar-refractivity contribution in [2.24, 2.45) is 9.98 Å². The van der Waals surface area contributed by atoms with Crippen molar-refractivity contribution < 1.29 is 4.79 Å². The van der Waals surface area contributed by atoms with Crippen LogP contribution in [-0.2, 0) is 0 Å². The van der Waals surface area contributed by atoms with Gasteiger partial charge in [0, 0.05) is 0 Å². The fourth-order valence-electron chi connectivity index (χ4n) is 3.55. The topological polar surface area (TPSA) is 48.3 Å². The smallest absolute Gasteiger partial charge is 0.247 e. The third-order valence-corrected chi connectivity index (χ3v) is 5.02. The molecule has 0 aromatic heterocycles. The van der Waals surface area contributed by atoms with Crippen LogP contribution in [0.1, 0.15) is 0 Å². The molecule has 0 aliphatic carbocycles. The number of carbonyl (C=O) groups excluding carboxylic acids is 1. The summed E-state index contributed by atoms with van der Waals surface area (Å²) in [6.07, 6.45) is 0. The number of benzene rings is 4. The van der Waals surface area contributed by atoms with Crippen molar-refractivity contribution in [2.45, 2.75) is 0 Å². The Labute approximate surface area is 186 Å². The van der Waals surface area contributed by atoms with Gasteiger partial charge in [0.1, 0.15) is 0 Å². The van der Waals surface area contributed by atoms with Gasteiger partial charge in [0.2, 0.25) is 0 Å². The van der Waals surface area contributed by atoms with E-state index in [1.807, 2.05) is 121 Å². The van der Waals surface area contributed by atoms with E-state index in [4.69, 9.17) is 9.98 Å². The lowest BCUT2D eigenvalue weighted by molar-refractivity contribution is 0.257. The molecule has 5 nitrogen and oxygen atoms in total. The standard InChI is InChI=1S/C27H20N4O/c32-27-30(23-17-9-3-10-18-23)25(28-21-13-5-1-6-14-21)26(29-22-15-7-2-8-16-22)31(27)24-19-11-4-12-20-24/h1-20H. The molecule has 0 spiro atoms. The van der Waals surface area contributed by atoms with Crippen molar-refractivity contribution >= 4 is 40.5 Å². The van der Waals surface area contributed by atoms with Crippen molar-refractivity contribution in [1.29, 1.82) is 0 Å². The van der Waals surface area contributed by atoms with Crippen LogP contribution in [0, 0.1) is 0 Å². The molecule has 1 aliphatic rings. The summed E-state index contributed by atoms with van der Waals surface area (Å²) in [5, 5.41) is 0. The van der Waals surface area contributed by atoms with Gasteiger partial charge in [0.25, 0.3) is 0 Å². The van der Waals surface area contributed by atoms with E-state index < -0.39 is 0 Å². The quantitative estimate of drug-likeness (QED) is 0.370. The summed E-state index contributed by atoms with van der Waals surface area (Å²) < 4.78 is 0. The monoisotopic (exact) mass is 416 g/mol. The second-order valence-electron chi connectivity index (χ2n) is 7.17. The summed E-state index contributed by atoms with van der Waals surface area (Å²) in [6, 6.07) is 38.0. The predicted octanol–water partition coefficient (Wildman–Crippen LogP) is 6.59. The molecule has 5 rings (SSSR count). The van der Waals surface area contributed by atoms with Crippen LogP contribution in [-0.4, -0.2) is 17.7 Å². The van der Waals surface area contributed by atoms with Gasteiger partial charge in [0.05, 0.1) is 22.7 Å². The highest BCUT2D eigenvalue weighted by molar-refractivity contribution is 6.64. The van der Waals surface area contributed by atoms with Crippen molar-refractivity contribution in [3.05, 3.63) is 121 Å². The highest BCUT2D eigenvalue weighted by Crippen LogP contribution is 2.31. The van der Waals surface area contributed by atoms with Gasteiger partial charge in [-0.05, 0) is 48.5 Å². The van der Waals surface area contributed by atoms with Gasteiger partial charge in [-0.25, -0.2) is 24.6 Å². The molecule has 0 bridgehead atoms. The Bertz CT molecular complexity index is 1170. The Morgan fingerprint density at radius 1 is 0.438 bits per heavy atom. The number of amides is 2. The molecule has 1 fully saturated rings. The molecule has 1 heterocycles. The molecular formula is C27H20N4O. The molecule has 0 unspecified atom stereocenters. The van der Waals surface area contributed by atoms with E-state index >= 15 is 0 Å². The third-order valence-electron chi connectivity index (χ3n) is 5.02. The zero-order valence-corrected chi connectivity index (χ0v) is 17.2. The Kier molecular flexibility index (Phi) is 5.29. The number of hydrogen-bond donors (Lipinski definition) is 0. The summed E-state index contributed by atoms with van der Waals surface area (Å²) in [7, 11) is 0. The summed E-state index contributed by atoms with van der Waals surface area (Å²) in [6.45, 7) is 0. The molecule has 1 saturated heterocycles. The molecule has 5 heteroatoms. The third kappa shape index (κ3) is 3.79. The number of anilines is 2. The second kappa shape index (κ2) is 8.70. The maximum absolute atomic E-state index is 13.8. The van der Waals surface area contributed by atoms with E-state index in [0.29, 0.717) is 11.7 Å². The summed E-state index contributed by atoms with van der Waals surface area (Å²) in [5.74, 6) is 0.945. The van der Waals surface area contributed by atoms with Gasteiger partial charge in [-0.15, -0.1) is 0 Å². The highest BCUT2D eigenvalue weighted by atomic mass is 16.2. The molecule has 1 aliphatic heterocycles. The maximum atomic E-state index is 13.8. The number of urea groups is 1. The van der Waals surface area contributed by atoms with Gasteiger partial charge in [-0.3, -0.25) is 0 Å². The molecule has 32 heavy (non-hydrogen) atoms. The predicted molar refractivity (Wildman–Crippen MR) is 130 cm³/mol. The van der Waals surface area contributed by atoms with Gasteiger partial charge < -0.3 is 0 Å². The zero-order valence-electron chi connectivity index (χ0n) is 17.2. The zero-order chi connectivity index (χ0) is 21.8. The number of nitrogens with zero attached hydrogens (tertiary/aromatic N) is 4. The molecule has 0 radical (unpaired) electrons. The fourth-order valence-corrected chi connectivity index (χ4v) is 3.55. The molecular weight excluding hydrogens is 396 g/mol. The Hall–Kier alpha value is -4.51.